The summed E-state index contributed by atoms with van der Waals surface area (Å²) < 4.78 is 11.7. The van der Waals surface area contributed by atoms with E-state index < -0.39 is 0 Å². The Morgan fingerprint density at radius 3 is 0.905 bits per heavy atom. The molecule has 0 amide bonds. The molecule has 4 aromatic heterocycles. The molecule has 0 aliphatic rings. The summed E-state index contributed by atoms with van der Waals surface area (Å²) in [5.74, 6) is 1.15. The van der Waals surface area contributed by atoms with Crippen LogP contribution < -0.4 is 0 Å². The van der Waals surface area contributed by atoms with Crippen molar-refractivity contribution in [1.29, 1.82) is 0 Å². The van der Waals surface area contributed by atoms with Gasteiger partial charge in [0.2, 0.25) is 11.8 Å². The summed E-state index contributed by atoms with van der Waals surface area (Å²) in [7, 11) is 0. The van der Waals surface area contributed by atoms with Gasteiger partial charge in [-0.1, -0.05) is 72.8 Å². The van der Waals surface area contributed by atoms with Gasteiger partial charge in [0, 0.05) is 23.5 Å². The van der Waals surface area contributed by atoms with Crippen molar-refractivity contribution >= 4 is 22.5 Å². The highest BCUT2D eigenvalue weighted by Gasteiger charge is 2.11. The highest BCUT2D eigenvalue weighted by molar-refractivity contribution is 5.77. The fourth-order valence-electron chi connectivity index (χ4n) is 5.11. The molecule has 198 valence electrons. The third-order valence-electron chi connectivity index (χ3n) is 7.36. The smallest absolute Gasteiger partial charge is 0.228 e. The molecule has 0 unspecified atom stereocenters. The Bertz CT molecular complexity index is 1940. The zero-order valence-electron chi connectivity index (χ0n) is 22.3. The van der Waals surface area contributed by atoms with Crippen LogP contribution in [0.25, 0.3) is 78.7 Å². The van der Waals surface area contributed by atoms with Gasteiger partial charge in [-0.3, -0.25) is 0 Å². The Hall–Kier alpha value is -5.88. The normalized spacial score (nSPS) is 11.3. The van der Waals surface area contributed by atoms with E-state index in [0.717, 1.165) is 33.4 Å². The van der Waals surface area contributed by atoms with E-state index in [4.69, 9.17) is 8.83 Å². The largest absolute Gasteiger partial charge is 0.434 e. The van der Waals surface area contributed by atoms with Crippen LogP contribution in [0.15, 0.2) is 143 Å². The number of pyridine rings is 2. The topological polar surface area (TPSA) is 77.8 Å². The molecule has 0 aliphatic heterocycles. The van der Waals surface area contributed by atoms with Gasteiger partial charge >= 0.3 is 0 Å². The maximum Gasteiger partial charge on any atom is 0.228 e. The van der Waals surface area contributed by atoms with Crippen molar-refractivity contribution in [1.82, 2.24) is 19.9 Å². The molecule has 4 aromatic carbocycles. The van der Waals surface area contributed by atoms with E-state index in [9.17, 15) is 0 Å². The van der Waals surface area contributed by atoms with Crippen LogP contribution in [0.1, 0.15) is 0 Å². The van der Waals surface area contributed by atoms with E-state index >= 15 is 0 Å². The number of rotatable bonds is 5. The SMILES string of the molecule is c1cnc2nc(-c3ccc(-c4ccc(-c5ccc(-c6ccc(-c7nc8ncccc8o7)cc6)cc5)cc4)cc3)oc2c1. The summed E-state index contributed by atoms with van der Waals surface area (Å²) >= 11 is 0. The minimum Gasteiger partial charge on any atom is -0.434 e. The van der Waals surface area contributed by atoms with Crippen LogP contribution in [0.4, 0.5) is 0 Å². The van der Waals surface area contributed by atoms with Gasteiger partial charge in [-0.2, -0.15) is 9.97 Å². The van der Waals surface area contributed by atoms with Crippen LogP contribution in [0.2, 0.25) is 0 Å². The first-order valence-electron chi connectivity index (χ1n) is 13.6. The maximum absolute atomic E-state index is 5.85. The van der Waals surface area contributed by atoms with Crippen molar-refractivity contribution in [2.75, 3.05) is 0 Å². The quantitative estimate of drug-likeness (QED) is 0.216. The van der Waals surface area contributed by atoms with Crippen molar-refractivity contribution in [2.45, 2.75) is 0 Å². The van der Waals surface area contributed by atoms with E-state index in [2.05, 4.69) is 92.7 Å². The van der Waals surface area contributed by atoms with Crippen LogP contribution in [0, 0.1) is 0 Å². The fourth-order valence-corrected chi connectivity index (χ4v) is 5.11. The molecule has 0 N–H and O–H groups in total. The minimum absolute atomic E-state index is 0.575. The highest BCUT2D eigenvalue weighted by Crippen LogP contribution is 2.31. The molecule has 0 atom stereocenters. The van der Waals surface area contributed by atoms with Crippen molar-refractivity contribution in [2.24, 2.45) is 0 Å². The first kappa shape index (κ1) is 24.0. The molecular formula is C36H22N4O2. The second kappa shape index (κ2) is 9.94. The van der Waals surface area contributed by atoms with Gasteiger partial charge in [-0.25, -0.2) is 9.97 Å². The summed E-state index contributed by atoms with van der Waals surface area (Å²) in [5.41, 5.74) is 11.4. The molecule has 0 spiro atoms. The summed E-state index contributed by atoms with van der Waals surface area (Å²) in [4.78, 5) is 17.5. The van der Waals surface area contributed by atoms with Gasteiger partial charge in [-0.05, 0) is 81.9 Å². The summed E-state index contributed by atoms with van der Waals surface area (Å²) in [6.45, 7) is 0. The van der Waals surface area contributed by atoms with Crippen molar-refractivity contribution in [3.63, 3.8) is 0 Å². The van der Waals surface area contributed by atoms with Gasteiger partial charge in [0.15, 0.2) is 22.5 Å². The lowest BCUT2D eigenvalue weighted by molar-refractivity contribution is 0.619. The third kappa shape index (κ3) is 4.41. The van der Waals surface area contributed by atoms with Crippen LogP contribution in [-0.4, -0.2) is 19.9 Å². The zero-order chi connectivity index (χ0) is 27.9. The monoisotopic (exact) mass is 542 g/mol. The molecule has 8 aromatic rings. The predicted molar refractivity (Wildman–Crippen MR) is 164 cm³/mol. The maximum atomic E-state index is 5.85. The van der Waals surface area contributed by atoms with Crippen LogP contribution in [0.5, 0.6) is 0 Å². The van der Waals surface area contributed by atoms with Crippen molar-refractivity contribution < 1.29 is 8.83 Å². The number of hydrogen-bond donors (Lipinski definition) is 0. The standard InChI is InChI=1S/C36H22N4O2/c1-3-31-33(37-21-1)39-35(41-31)29-17-13-27(14-18-29)25-9-5-23(6-10-25)24-7-11-26(12-8-24)28-15-19-30(20-16-28)36-40-34-32(42-36)4-2-22-38-34/h1-22H. The molecule has 6 nitrogen and oxygen atoms in total. The molecular weight excluding hydrogens is 520 g/mol. The number of oxazole rings is 2. The molecule has 4 heterocycles. The summed E-state index contributed by atoms with van der Waals surface area (Å²) in [6.07, 6.45) is 3.44. The average molecular weight is 543 g/mol. The minimum atomic E-state index is 0.575. The Kier molecular flexibility index (Phi) is 5.67. The Balaban J connectivity index is 0.975. The number of hydrogen-bond acceptors (Lipinski definition) is 6. The molecule has 0 fully saturated rings. The van der Waals surface area contributed by atoms with Crippen LogP contribution in [-0.2, 0) is 0 Å². The van der Waals surface area contributed by atoms with Gasteiger partial charge in [-0.15, -0.1) is 0 Å². The molecule has 42 heavy (non-hydrogen) atoms. The zero-order valence-corrected chi connectivity index (χ0v) is 22.3. The lowest BCUT2D eigenvalue weighted by Gasteiger charge is -2.08. The lowest BCUT2D eigenvalue weighted by Crippen LogP contribution is -1.83. The molecule has 0 saturated carbocycles. The van der Waals surface area contributed by atoms with E-state index in [1.807, 2.05) is 48.5 Å². The Morgan fingerprint density at radius 2 is 0.619 bits per heavy atom. The van der Waals surface area contributed by atoms with Crippen LogP contribution in [0.3, 0.4) is 0 Å². The van der Waals surface area contributed by atoms with Crippen LogP contribution >= 0.6 is 0 Å². The van der Waals surface area contributed by atoms with E-state index in [0.29, 0.717) is 34.2 Å². The highest BCUT2D eigenvalue weighted by atomic mass is 16.4. The summed E-state index contributed by atoms with van der Waals surface area (Å²) in [6, 6.07) is 41.2. The number of nitrogens with zero attached hydrogens (tertiary/aromatic N) is 4. The number of aromatic nitrogens is 4. The van der Waals surface area contributed by atoms with Crippen molar-refractivity contribution in [3.8, 4) is 56.3 Å². The Labute approximate surface area is 241 Å². The second-order valence-electron chi connectivity index (χ2n) is 10.00. The van der Waals surface area contributed by atoms with Gasteiger partial charge < -0.3 is 8.83 Å². The second-order valence-corrected chi connectivity index (χ2v) is 10.00. The van der Waals surface area contributed by atoms with E-state index in [1.54, 1.807) is 12.4 Å². The number of fused-ring (bicyclic) bond motifs is 2. The molecule has 0 bridgehead atoms. The molecule has 0 saturated heterocycles. The predicted octanol–water partition coefficient (Wildman–Crippen LogP) is 9.09. The fraction of sp³-hybridized carbons (Fsp3) is 0. The van der Waals surface area contributed by atoms with Crippen molar-refractivity contribution in [3.05, 3.63) is 134 Å². The van der Waals surface area contributed by atoms with Gasteiger partial charge in [0.1, 0.15) is 0 Å². The first-order chi connectivity index (χ1) is 20.8. The van der Waals surface area contributed by atoms with Gasteiger partial charge in [0.05, 0.1) is 0 Å². The average Bonchev–Trinajstić information content (AvgIpc) is 3.70. The first-order valence-corrected chi connectivity index (χ1v) is 13.6. The third-order valence-corrected chi connectivity index (χ3v) is 7.36. The lowest BCUT2D eigenvalue weighted by atomic mass is 9.97. The molecule has 6 heteroatoms. The molecule has 0 radical (unpaired) electrons. The molecule has 0 aliphatic carbocycles. The van der Waals surface area contributed by atoms with E-state index in [1.165, 1.54) is 11.1 Å². The molecule has 8 rings (SSSR count). The number of benzene rings is 4. The Morgan fingerprint density at radius 1 is 0.333 bits per heavy atom. The summed E-state index contributed by atoms with van der Waals surface area (Å²) in [5, 5.41) is 0. The van der Waals surface area contributed by atoms with Gasteiger partial charge in [0.25, 0.3) is 0 Å². The van der Waals surface area contributed by atoms with E-state index in [-0.39, 0.29) is 0 Å².